The third-order valence-corrected chi connectivity index (χ3v) is 4.16. The average Bonchev–Trinajstić information content (AvgIpc) is 2.53. The quantitative estimate of drug-likeness (QED) is 0.809. The minimum absolute atomic E-state index is 0.0673. The fraction of sp³-hybridized carbons (Fsp3) is 0.588. The number of ether oxygens (including phenoxy) is 1. The summed E-state index contributed by atoms with van der Waals surface area (Å²) in [6.07, 6.45) is 3.08. The van der Waals surface area contributed by atoms with Crippen LogP contribution >= 0.6 is 0 Å². The maximum absolute atomic E-state index is 13.1. The second-order valence-corrected chi connectivity index (χ2v) is 5.88. The highest BCUT2D eigenvalue weighted by molar-refractivity contribution is 5.78. The molecule has 122 valence electrons. The van der Waals surface area contributed by atoms with Crippen molar-refractivity contribution in [3.8, 4) is 0 Å². The number of rotatable bonds is 6. The van der Waals surface area contributed by atoms with Crippen LogP contribution < -0.4 is 0 Å². The first-order valence-electron chi connectivity index (χ1n) is 7.84. The fourth-order valence-electron chi connectivity index (χ4n) is 2.91. The highest BCUT2D eigenvalue weighted by Crippen LogP contribution is 2.31. The minimum atomic E-state index is -0.239. The standard InChI is InChI=1S/C17H25FN2O2/c1-19(11-12-22-2)13-17(21)20-10-4-3-5-16(20)14-6-8-15(18)9-7-14/h6-9,16H,3-5,10-13H2,1-2H3. The number of benzene rings is 1. The predicted octanol–water partition coefficient (Wildman–Crippen LogP) is 2.46. The van der Waals surface area contributed by atoms with Gasteiger partial charge in [0, 0.05) is 20.2 Å². The summed E-state index contributed by atoms with van der Waals surface area (Å²) in [5.41, 5.74) is 1.02. The summed E-state index contributed by atoms with van der Waals surface area (Å²) in [7, 11) is 3.58. The molecule has 1 aromatic carbocycles. The third kappa shape index (κ3) is 4.52. The molecule has 0 bridgehead atoms. The maximum atomic E-state index is 13.1. The van der Waals surface area contributed by atoms with Crippen LogP contribution in [0.2, 0.25) is 0 Å². The van der Waals surface area contributed by atoms with Crippen LogP contribution in [0, 0.1) is 5.82 Å². The van der Waals surface area contributed by atoms with E-state index in [1.807, 2.05) is 16.8 Å². The van der Waals surface area contributed by atoms with Crippen molar-refractivity contribution in [2.45, 2.75) is 25.3 Å². The lowest BCUT2D eigenvalue weighted by atomic mass is 9.95. The van der Waals surface area contributed by atoms with Gasteiger partial charge in [0.05, 0.1) is 19.2 Å². The van der Waals surface area contributed by atoms with Crippen molar-refractivity contribution in [1.29, 1.82) is 0 Å². The number of halogens is 1. The van der Waals surface area contributed by atoms with E-state index in [4.69, 9.17) is 4.74 Å². The largest absolute Gasteiger partial charge is 0.383 e. The summed E-state index contributed by atoms with van der Waals surface area (Å²) in [6.45, 7) is 2.52. The van der Waals surface area contributed by atoms with Gasteiger partial charge in [-0.15, -0.1) is 0 Å². The fourth-order valence-corrected chi connectivity index (χ4v) is 2.91. The molecule has 0 saturated carbocycles. The van der Waals surface area contributed by atoms with E-state index in [0.29, 0.717) is 13.2 Å². The SMILES string of the molecule is COCCN(C)CC(=O)N1CCCCC1c1ccc(F)cc1. The normalized spacial score (nSPS) is 18.7. The Balaban J connectivity index is 2.02. The van der Waals surface area contributed by atoms with Crippen LogP contribution in [0.1, 0.15) is 30.9 Å². The molecule has 1 aromatic rings. The minimum Gasteiger partial charge on any atom is -0.383 e. The molecule has 1 aliphatic heterocycles. The molecular weight excluding hydrogens is 283 g/mol. The van der Waals surface area contributed by atoms with Gasteiger partial charge in [-0.25, -0.2) is 4.39 Å². The highest BCUT2D eigenvalue weighted by atomic mass is 19.1. The van der Waals surface area contributed by atoms with E-state index in [1.165, 1.54) is 12.1 Å². The van der Waals surface area contributed by atoms with Crippen molar-refractivity contribution in [1.82, 2.24) is 9.80 Å². The lowest BCUT2D eigenvalue weighted by molar-refractivity contribution is -0.136. The van der Waals surface area contributed by atoms with Crippen molar-refractivity contribution < 1.29 is 13.9 Å². The molecular formula is C17H25FN2O2. The second-order valence-electron chi connectivity index (χ2n) is 5.88. The highest BCUT2D eigenvalue weighted by Gasteiger charge is 2.28. The van der Waals surface area contributed by atoms with Gasteiger partial charge in [-0.05, 0) is 44.0 Å². The molecule has 1 saturated heterocycles. The van der Waals surface area contributed by atoms with E-state index < -0.39 is 0 Å². The number of amides is 1. The van der Waals surface area contributed by atoms with E-state index in [9.17, 15) is 9.18 Å². The monoisotopic (exact) mass is 308 g/mol. The number of carbonyl (C=O) groups is 1. The lowest BCUT2D eigenvalue weighted by Gasteiger charge is -2.37. The molecule has 1 fully saturated rings. The van der Waals surface area contributed by atoms with E-state index in [0.717, 1.165) is 37.9 Å². The predicted molar refractivity (Wildman–Crippen MR) is 84.1 cm³/mol. The van der Waals surface area contributed by atoms with Crippen molar-refractivity contribution >= 4 is 5.91 Å². The molecule has 1 unspecified atom stereocenters. The second kappa shape index (κ2) is 8.25. The third-order valence-electron chi connectivity index (χ3n) is 4.16. The number of likely N-dealkylation sites (tertiary alicyclic amines) is 1. The first kappa shape index (κ1) is 16.9. The molecule has 1 atom stereocenters. The lowest BCUT2D eigenvalue weighted by Crippen LogP contribution is -2.44. The maximum Gasteiger partial charge on any atom is 0.237 e. The molecule has 0 aliphatic carbocycles. The average molecular weight is 308 g/mol. The zero-order valence-corrected chi connectivity index (χ0v) is 13.4. The summed E-state index contributed by atoms with van der Waals surface area (Å²) in [5.74, 6) is -0.107. The van der Waals surface area contributed by atoms with Gasteiger partial charge in [0.2, 0.25) is 5.91 Å². The van der Waals surface area contributed by atoms with Crippen LogP contribution in [0.15, 0.2) is 24.3 Å². The summed E-state index contributed by atoms with van der Waals surface area (Å²) in [4.78, 5) is 16.5. The van der Waals surface area contributed by atoms with Gasteiger partial charge in [-0.1, -0.05) is 12.1 Å². The molecule has 1 amide bonds. The Hall–Kier alpha value is -1.46. The number of likely N-dealkylation sites (N-methyl/N-ethyl adjacent to an activating group) is 1. The smallest absolute Gasteiger partial charge is 0.237 e. The number of piperidine rings is 1. The zero-order chi connectivity index (χ0) is 15.9. The molecule has 0 spiro atoms. The first-order chi connectivity index (χ1) is 10.6. The molecule has 0 N–H and O–H groups in total. The number of carbonyl (C=O) groups excluding carboxylic acids is 1. The molecule has 0 radical (unpaired) electrons. The Morgan fingerprint density at radius 2 is 2.09 bits per heavy atom. The summed E-state index contributed by atoms with van der Waals surface area (Å²) < 4.78 is 18.1. The Kier molecular flexibility index (Phi) is 6.34. The molecule has 5 heteroatoms. The Morgan fingerprint density at radius 3 is 2.77 bits per heavy atom. The summed E-state index contributed by atoms with van der Waals surface area (Å²) in [5, 5.41) is 0. The van der Waals surface area contributed by atoms with E-state index in [-0.39, 0.29) is 17.8 Å². The summed E-state index contributed by atoms with van der Waals surface area (Å²) in [6, 6.07) is 6.59. The Bertz CT molecular complexity index is 478. The van der Waals surface area contributed by atoms with E-state index in [2.05, 4.69) is 0 Å². The Labute approximate surface area is 131 Å². The van der Waals surface area contributed by atoms with Crippen LogP contribution in [-0.4, -0.2) is 56.1 Å². The van der Waals surface area contributed by atoms with E-state index >= 15 is 0 Å². The van der Waals surface area contributed by atoms with Crippen LogP contribution in [0.3, 0.4) is 0 Å². The van der Waals surface area contributed by atoms with Crippen molar-refractivity contribution in [3.63, 3.8) is 0 Å². The van der Waals surface area contributed by atoms with Crippen molar-refractivity contribution in [2.75, 3.05) is 40.4 Å². The van der Waals surface area contributed by atoms with Gasteiger partial charge in [-0.2, -0.15) is 0 Å². The first-order valence-corrected chi connectivity index (χ1v) is 7.84. The summed E-state index contributed by atoms with van der Waals surface area (Å²) >= 11 is 0. The van der Waals surface area contributed by atoms with Crippen LogP contribution in [0.5, 0.6) is 0 Å². The Morgan fingerprint density at radius 1 is 1.36 bits per heavy atom. The van der Waals surface area contributed by atoms with Gasteiger partial charge in [0.25, 0.3) is 0 Å². The number of nitrogens with zero attached hydrogens (tertiary/aromatic N) is 2. The van der Waals surface area contributed by atoms with Crippen LogP contribution in [0.4, 0.5) is 4.39 Å². The van der Waals surface area contributed by atoms with Gasteiger partial charge in [0.15, 0.2) is 0 Å². The van der Waals surface area contributed by atoms with Gasteiger partial charge in [-0.3, -0.25) is 9.69 Å². The van der Waals surface area contributed by atoms with Gasteiger partial charge in [0.1, 0.15) is 5.82 Å². The number of methoxy groups -OCH3 is 1. The zero-order valence-electron chi connectivity index (χ0n) is 13.4. The molecule has 4 nitrogen and oxygen atoms in total. The van der Waals surface area contributed by atoms with Crippen LogP contribution in [-0.2, 0) is 9.53 Å². The van der Waals surface area contributed by atoms with Crippen LogP contribution in [0.25, 0.3) is 0 Å². The number of hydrogen-bond donors (Lipinski definition) is 0. The molecule has 2 rings (SSSR count). The number of hydrogen-bond acceptors (Lipinski definition) is 3. The molecule has 22 heavy (non-hydrogen) atoms. The topological polar surface area (TPSA) is 32.8 Å². The van der Waals surface area contributed by atoms with Gasteiger partial charge < -0.3 is 9.64 Å². The molecule has 0 aromatic heterocycles. The van der Waals surface area contributed by atoms with Crippen molar-refractivity contribution in [3.05, 3.63) is 35.6 Å². The molecule has 1 heterocycles. The molecule has 1 aliphatic rings. The van der Waals surface area contributed by atoms with Crippen molar-refractivity contribution in [2.24, 2.45) is 0 Å². The van der Waals surface area contributed by atoms with E-state index in [1.54, 1.807) is 19.2 Å². The van der Waals surface area contributed by atoms with Gasteiger partial charge >= 0.3 is 0 Å².